The number of hydrogen-bond donors (Lipinski definition) is 2. The van der Waals surface area contributed by atoms with E-state index in [2.05, 4.69) is 11.9 Å². The van der Waals surface area contributed by atoms with Crippen molar-refractivity contribution in [1.82, 2.24) is 5.32 Å². The number of amides is 1. The molecule has 0 saturated heterocycles. The van der Waals surface area contributed by atoms with Gasteiger partial charge in [0.25, 0.3) is 0 Å². The summed E-state index contributed by atoms with van der Waals surface area (Å²) in [4.78, 5) is 22.0. The highest BCUT2D eigenvalue weighted by molar-refractivity contribution is 5.92. The summed E-state index contributed by atoms with van der Waals surface area (Å²) in [6, 6.07) is 0. The van der Waals surface area contributed by atoms with Crippen LogP contribution >= 0.6 is 0 Å². The van der Waals surface area contributed by atoms with Crippen LogP contribution in [0.5, 0.6) is 0 Å². The van der Waals surface area contributed by atoms with E-state index in [9.17, 15) is 9.59 Å². The van der Waals surface area contributed by atoms with Crippen LogP contribution in [0.3, 0.4) is 0 Å². The molecule has 0 radical (unpaired) electrons. The molecule has 0 aromatic heterocycles. The summed E-state index contributed by atoms with van der Waals surface area (Å²) < 4.78 is 0. The summed E-state index contributed by atoms with van der Waals surface area (Å²) in [5.74, 6) is -1.29. The molecule has 0 aliphatic rings. The zero-order valence-electron chi connectivity index (χ0n) is 8.83. The fraction of sp³-hybridized carbons (Fsp3) is 0.600. The van der Waals surface area contributed by atoms with Crippen molar-refractivity contribution in [2.45, 2.75) is 32.7 Å². The molecule has 1 atom stereocenters. The molecule has 14 heavy (non-hydrogen) atoms. The quantitative estimate of drug-likeness (QED) is 0.653. The fourth-order valence-electron chi connectivity index (χ4n) is 1.33. The number of aliphatic carboxylic acids is 1. The van der Waals surface area contributed by atoms with Crippen LogP contribution in [0.15, 0.2) is 12.7 Å². The molecule has 0 rings (SSSR count). The molecule has 4 heteroatoms. The van der Waals surface area contributed by atoms with E-state index < -0.39 is 17.4 Å². The third-order valence-corrected chi connectivity index (χ3v) is 1.87. The molecule has 0 aromatic carbocycles. The standard InChI is InChI=1S/C10H17NO3/c1-5-8(12)11-10(4,9(13)14)6-7(2)3/h5,7H,1,6H2,2-4H3,(H,11,12)(H,13,14). The van der Waals surface area contributed by atoms with E-state index in [0.717, 1.165) is 6.08 Å². The highest BCUT2D eigenvalue weighted by atomic mass is 16.4. The van der Waals surface area contributed by atoms with Gasteiger partial charge in [0.1, 0.15) is 5.54 Å². The summed E-state index contributed by atoms with van der Waals surface area (Å²) in [6.45, 7) is 8.58. The van der Waals surface area contributed by atoms with Crippen molar-refractivity contribution in [1.29, 1.82) is 0 Å². The van der Waals surface area contributed by atoms with E-state index in [4.69, 9.17) is 5.11 Å². The van der Waals surface area contributed by atoms with E-state index in [1.54, 1.807) is 0 Å². The van der Waals surface area contributed by atoms with E-state index >= 15 is 0 Å². The molecule has 0 bridgehead atoms. The first kappa shape index (κ1) is 12.7. The van der Waals surface area contributed by atoms with Gasteiger partial charge in [0, 0.05) is 0 Å². The third-order valence-electron chi connectivity index (χ3n) is 1.87. The van der Waals surface area contributed by atoms with Crippen molar-refractivity contribution in [3.8, 4) is 0 Å². The number of rotatable bonds is 5. The Labute approximate surface area is 84.0 Å². The molecule has 4 nitrogen and oxygen atoms in total. The number of nitrogens with one attached hydrogen (secondary N) is 1. The molecule has 0 saturated carbocycles. The van der Waals surface area contributed by atoms with Crippen molar-refractivity contribution in [2.24, 2.45) is 5.92 Å². The van der Waals surface area contributed by atoms with Crippen molar-refractivity contribution < 1.29 is 14.7 Å². The van der Waals surface area contributed by atoms with Crippen LogP contribution < -0.4 is 5.32 Å². The summed E-state index contributed by atoms with van der Waals surface area (Å²) in [5, 5.41) is 11.4. The lowest BCUT2D eigenvalue weighted by Gasteiger charge is -2.27. The molecule has 0 aromatic rings. The van der Waals surface area contributed by atoms with Crippen molar-refractivity contribution in [3.05, 3.63) is 12.7 Å². The Bertz CT molecular complexity index is 248. The fourth-order valence-corrected chi connectivity index (χ4v) is 1.33. The molecular weight excluding hydrogens is 182 g/mol. The van der Waals surface area contributed by atoms with Gasteiger partial charge in [0.15, 0.2) is 0 Å². The van der Waals surface area contributed by atoms with Crippen LogP contribution in [0, 0.1) is 5.92 Å². The van der Waals surface area contributed by atoms with Crippen LogP contribution in [0.25, 0.3) is 0 Å². The van der Waals surface area contributed by atoms with Gasteiger partial charge in [-0.3, -0.25) is 4.79 Å². The van der Waals surface area contributed by atoms with Crippen LogP contribution in [-0.4, -0.2) is 22.5 Å². The van der Waals surface area contributed by atoms with Crippen LogP contribution in [0.1, 0.15) is 27.2 Å². The van der Waals surface area contributed by atoms with Crippen LogP contribution in [-0.2, 0) is 9.59 Å². The Hall–Kier alpha value is -1.32. The van der Waals surface area contributed by atoms with Crippen molar-refractivity contribution in [3.63, 3.8) is 0 Å². The van der Waals surface area contributed by atoms with Gasteiger partial charge in [-0.25, -0.2) is 4.79 Å². The average molecular weight is 199 g/mol. The summed E-state index contributed by atoms with van der Waals surface area (Å²) in [6.07, 6.45) is 1.46. The second-order valence-corrected chi connectivity index (χ2v) is 3.93. The number of hydrogen-bond acceptors (Lipinski definition) is 2. The first-order valence-electron chi connectivity index (χ1n) is 4.50. The number of carboxylic acid groups (broad SMARTS) is 1. The van der Waals surface area contributed by atoms with Gasteiger partial charge in [-0.1, -0.05) is 20.4 Å². The predicted molar refractivity (Wildman–Crippen MR) is 53.8 cm³/mol. The largest absolute Gasteiger partial charge is 0.480 e. The van der Waals surface area contributed by atoms with E-state index in [-0.39, 0.29) is 5.92 Å². The van der Waals surface area contributed by atoms with Crippen molar-refractivity contribution in [2.75, 3.05) is 0 Å². The lowest BCUT2D eigenvalue weighted by atomic mass is 9.91. The molecule has 0 fully saturated rings. The molecule has 0 spiro atoms. The highest BCUT2D eigenvalue weighted by Crippen LogP contribution is 2.16. The first-order valence-corrected chi connectivity index (χ1v) is 4.50. The molecule has 1 unspecified atom stereocenters. The molecule has 0 aliphatic carbocycles. The average Bonchev–Trinajstić information content (AvgIpc) is 2.02. The number of carbonyl (C=O) groups is 2. The van der Waals surface area contributed by atoms with E-state index in [0.29, 0.717) is 6.42 Å². The van der Waals surface area contributed by atoms with Crippen LogP contribution in [0.2, 0.25) is 0 Å². The summed E-state index contributed by atoms with van der Waals surface area (Å²) in [5.41, 5.74) is -1.21. The monoisotopic (exact) mass is 199 g/mol. The minimum atomic E-state index is -1.21. The van der Waals surface area contributed by atoms with Crippen molar-refractivity contribution >= 4 is 11.9 Å². The van der Waals surface area contributed by atoms with Gasteiger partial charge >= 0.3 is 5.97 Å². The Kier molecular flexibility index (Phi) is 4.34. The second-order valence-electron chi connectivity index (χ2n) is 3.93. The predicted octanol–water partition coefficient (Wildman–Crippen LogP) is 1.18. The summed E-state index contributed by atoms with van der Waals surface area (Å²) in [7, 11) is 0. The first-order chi connectivity index (χ1) is 6.31. The lowest BCUT2D eigenvalue weighted by molar-refractivity contribution is -0.147. The van der Waals surface area contributed by atoms with Gasteiger partial charge < -0.3 is 10.4 Å². The summed E-state index contributed by atoms with van der Waals surface area (Å²) >= 11 is 0. The van der Waals surface area contributed by atoms with Gasteiger partial charge in [0.2, 0.25) is 5.91 Å². The van der Waals surface area contributed by atoms with E-state index in [1.807, 2.05) is 13.8 Å². The lowest BCUT2D eigenvalue weighted by Crippen LogP contribution is -2.52. The SMILES string of the molecule is C=CC(=O)NC(C)(CC(C)C)C(=O)O. The maximum absolute atomic E-state index is 11.0. The number of carbonyl (C=O) groups excluding carboxylic acids is 1. The minimum absolute atomic E-state index is 0.196. The zero-order valence-corrected chi connectivity index (χ0v) is 8.83. The van der Waals surface area contributed by atoms with Crippen LogP contribution in [0.4, 0.5) is 0 Å². The number of carboxylic acids is 1. The Morgan fingerprint density at radius 3 is 2.36 bits per heavy atom. The topological polar surface area (TPSA) is 66.4 Å². The molecule has 0 aliphatic heterocycles. The maximum atomic E-state index is 11.0. The molecule has 0 heterocycles. The van der Waals surface area contributed by atoms with Gasteiger partial charge in [0.05, 0.1) is 0 Å². The zero-order chi connectivity index (χ0) is 11.4. The molecular formula is C10H17NO3. The minimum Gasteiger partial charge on any atom is -0.480 e. The molecule has 2 N–H and O–H groups in total. The maximum Gasteiger partial charge on any atom is 0.329 e. The Balaban J connectivity index is 4.63. The van der Waals surface area contributed by atoms with Gasteiger partial charge in [-0.2, -0.15) is 0 Å². The molecule has 80 valence electrons. The Morgan fingerprint density at radius 2 is 2.07 bits per heavy atom. The molecule has 1 amide bonds. The van der Waals surface area contributed by atoms with Gasteiger partial charge in [-0.15, -0.1) is 0 Å². The van der Waals surface area contributed by atoms with Gasteiger partial charge in [-0.05, 0) is 25.3 Å². The van der Waals surface area contributed by atoms with E-state index in [1.165, 1.54) is 6.92 Å². The third kappa shape index (κ3) is 3.60. The highest BCUT2D eigenvalue weighted by Gasteiger charge is 2.34. The second kappa shape index (κ2) is 4.79. The smallest absolute Gasteiger partial charge is 0.329 e. The normalized spacial score (nSPS) is 14.6. The Morgan fingerprint density at radius 1 is 1.57 bits per heavy atom.